The zero-order valence-corrected chi connectivity index (χ0v) is 10.7. The molecule has 1 aromatic heterocycles. The van der Waals surface area contributed by atoms with E-state index in [1.807, 2.05) is 13.8 Å². The van der Waals surface area contributed by atoms with E-state index in [0.29, 0.717) is 11.8 Å². The van der Waals surface area contributed by atoms with E-state index in [9.17, 15) is 4.79 Å². The molecule has 4 N–H and O–H groups in total. The molecule has 0 aliphatic heterocycles. The lowest BCUT2D eigenvalue weighted by Crippen LogP contribution is -2.45. The van der Waals surface area contributed by atoms with Crippen LogP contribution in [-0.4, -0.2) is 28.0 Å². The van der Waals surface area contributed by atoms with Gasteiger partial charge in [-0.05, 0) is 27.7 Å². The van der Waals surface area contributed by atoms with Gasteiger partial charge in [-0.15, -0.1) is 0 Å². The smallest absolute Gasteiger partial charge is 0.242 e. The zero-order chi connectivity index (χ0) is 13.1. The van der Waals surface area contributed by atoms with Crippen molar-refractivity contribution in [1.82, 2.24) is 9.97 Å². The van der Waals surface area contributed by atoms with Crippen LogP contribution in [0.4, 0.5) is 11.8 Å². The number of carbonyl (C=O) groups excluding carboxylic acids is 1. The minimum Gasteiger partial charge on any atom is -0.368 e. The Labute approximate surface area is 101 Å². The average molecular weight is 237 g/mol. The van der Waals surface area contributed by atoms with Crippen LogP contribution in [0.1, 0.15) is 26.3 Å². The maximum Gasteiger partial charge on any atom is 0.242 e. The highest BCUT2D eigenvalue weighted by atomic mass is 16.1. The Morgan fingerprint density at radius 3 is 2.71 bits per heavy atom. The first-order valence-corrected chi connectivity index (χ1v) is 5.52. The summed E-state index contributed by atoms with van der Waals surface area (Å²) in [5, 5.41) is 6.03. The fraction of sp³-hybridized carbons (Fsp3) is 0.545. The first-order valence-electron chi connectivity index (χ1n) is 5.52. The maximum absolute atomic E-state index is 11.2. The van der Waals surface area contributed by atoms with Gasteiger partial charge in [-0.2, -0.15) is 4.98 Å². The van der Waals surface area contributed by atoms with Crippen molar-refractivity contribution < 1.29 is 4.79 Å². The Hall–Kier alpha value is -1.85. The quantitative estimate of drug-likeness (QED) is 0.707. The Morgan fingerprint density at radius 1 is 1.53 bits per heavy atom. The summed E-state index contributed by atoms with van der Waals surface area (Å²) in [5.74, 6) is 0.709. The van der Waals surface area contributed by atoms with Gasteiger partial charge in [0, 0.05) is 18.3 Å². The first kappa shape index (κ1) is 13.2. The zero-order valence-electron chi connectivity index (χ0n) is 10.7. The molecule has 0 saturated heterocycles. The first-order chi connectivity index (χ1) is 7.86. The predicted octanol–water partition coefficient (Wildman–Crippen LogP) is 0.893. The van der Waals surface area contributed by atoms with Gasteiger partial charge in [-0.3, -0.25) is 4.79 Å². The van der Waals surface area contributed by atoms with Gasteiger partial charge in [-0.1, -0.05) is 0 Å². The number of nitrogens with two attached hydrogens (primary N) is 1. The Bertz CT molecular complexity index is 416. The highest BCUT2D eigenvalue weighted by Gasteiger charge is 2.25. The summed E-state index contributed by atoms with van der Waals surface area (Å²) in [6.07, 6.45) is 1.70. The van der Waals surface area contributed by atoms with Crippen molar-refractivity contribution in [3.05, 3.63) is 11.8 Å². The third kappa shape index (κ3) is 3.30. The van der Waals surface area contributed by atoms with Crippen LogP contribution in [0.25, 0.3) is 0 Å². The minimum atomic E-state index is -0.845. The summed E-state index contributed by atoms with van der Waals surface area (Å²) < 4.78 is 0. The van der Waals surface area contributed by atoms with Gasteiger partial charge < -0.3 is 16.4 Å². The van der Waals surface area contributed by atoms with Crippen molar-refractivity contribution in [1.29, 1.82) is 0 Å². The molecule has 6 nitrogen and oxygen atoms in total. The van der Waals surface area contributed by atoms with E-state index in [0.717, 1.165) is 12.1 Å². The monoisotopic (exact) mass is 237 g/mol. The van der Waals surface area contributed by atoms with Crippen LogP contribution in [0.5, 0.6) is 0 Å². The van der Waals surface area contributed by atoms with Crippen LogP contribution in [0, 0.1) is 6.92 Å². The third-order valence-electron chi connectivity index (χ3n) is 2.35. The molecule has 0 unspecified atom stereocenters. The molecule has 6 heteroatoms. The van der Waals surface area contributed by atoms with Crippen LogP contribution in [0.15, 0.2) is 6.20 Å². The molecule has 17 heavy (non-hydrogen) atoms. The predicted molar refractivity (Wildman–Crippen MR) is 67.8 cm³/mol. The molecule has 0 fully saturated rings. The van der Waals surface area contributed by atoms with Crippen LogP contribution in [-0.2, 0) is 4.79 Å². The molecule has 0 bridgehead atoms. The van der Waals surface area contributed by atoms with Gasteiger partial charge in [0.05, 0.1) is 0 Å². The average Bonchev–Trinajstić information content (AvgIpc) is 2.23. The molecule has 94 valence electrons. The number of aryl methyl sites for hydroxylation is 1. The van der Waals surface area contributed by atoms with Crippen molar-refractivity contribution in [2.75, 3.05) is 17.2 Å². The van der Waals surface area contributed by atoms with Crippen LogP contribution in [0.2, 0.25) is 0 Å². The summed E-state index contributed by atoms with van der Waals surface area (Å²) in [6.45, 7) is 7.99. The number of anilines is 2. The van der Waals surface area contributed by atoms with Crippen LogP contribution >= 0.6 is 0 Å². The number of hydrogen-bond acceptors (Lipinski definition) is 5. The fourth-order valence-electron chi connectivity index (χ4n) is 1.17. The summed E-state index contributed by atoms with van der Waals surface area (Å²) in [5.41, 5.74) is 5.32. The second-order valence-corrected chi connectivity index (χ2v) is 4.37. The molecule has 0 aliphatic rings. The molecular weight excluding hydrogens is 218 g/mol. The molecule has 1 heterocycles. The molecule has 0 radical (unpaired) electrons. The standard InChI is InChI=1S/C11H19N5O/c1-5-13-10-14-6-7(2)8(15-10)16-11(3,4)9(12)17/h6H,5H2,1-4H3,(H2,12,17)(H2,13,14,15,16). The molecule has 0 aliphatic carbocycles. The lowest BCUT2D eigenvalue weighted by molar-refractivity contribution is -0.121. The van der Waals surface area contributed by atoms with Crippen molar-refractivity contribution in [2.45, 2.75) is 33.2 Å². The number of amides is 1. The lowest BCUT2D eigenvalue weighted by atomic mass is 10.1. The minimum absolute atomic E-state index is 0.430. The van der Waals surface area contributed by atoms with Gasteiger partial charge >= 0.3 is 0 Å². The fourth-order valence-corrected chi connectivity index (χ4v) is 1.17. The van der Waals surface area contributed by atoms with E-state index >= 15 is 0 Å². The van der Waals surface area contributed by atoms with E-state index in [1.54, 1.807) is 20.0 Å². The topological polar surface area (TPSA) is 92.9 Å². The molecule has 1 aromatic rings. The number of rotatable bonds is 5. The van der Waals surface area contributed by atoms with Crippen molar-refractivity contribution in [2.24, 2.45) is 5.73 Å². The van der Waals surface area contributed by atoms with Crippen molar-refractivity contribution >= 4 is 17.7 Å². The van der Waals surface area contributed by atoms with Gasteiger partial charge in [0.25, 0.3) is 0 Å². The summed E-state index contributed by atoms with van der Waals surface area (Å²) in [6, 6.07) is 0. The van der Waals surface area contributed by atoms with E-state index in [2.05, 4.69) is 20.6 Å². The van der Waals surface area contributed by atoms with Crippen LogP contribution < -0.4 is 16.4 Å². The summed E-state index contributed by atoms with van der Waals surface area (Å²) in [7, 11) is 0. The highest BCUT2D eigenvalue weighted by Crippen LogP contribution is 2.17. The third-order valence-corrected chi connectivity index (χ3v) is 2.35. The molecule has 0 saturated carbocycles. The number of hydrogen-bond donors (Lipinski definition) is 3. The van der Waals surface area contributed by atoms with Crippen molar-refractivity contribution in [3.63, 3.8) is 0 Å². The van der Waals surface area contributed by atoms with Gasteiger partial charge in [0.1, 0.15) is 11.4 Å². The van der Waals surface area contributed by atoms with E-state index < -0.39 is 11.4 Å². The second-order valence-electron chi connectivity index (χ2n) is 4.37. The molecule has 1 rings (SSSR count). The molecule has 0 atom stereocenters. The Balaban J connectivity index is 2.97. The number of carbonyl (C=O) groups is 1. The molecule has 0 aromatic carbocycles. The number of primary amides is 1. The van der Waals surface area contributed by atoms with Gasteiger partial charge in [-0.25, -0.2) is 4.98 Å². The number of nitrogens with one attached hydrogen (secondary N) is 2. The Kier molecular flexibility index (Phi) is 3.88. The molecular formula is C11H19N5O. The number of aromatic nitrogens is 2. The second kappa shape index (κ2) is 4.99. The van der Waals surface area contributed by atoms with Gasteiger partial charge in [0.15, 0.2) is 0 Å². The largest absolute Gasteiger partial charge is 0.368 e. The van der Waals surface area contributed by atoms with E-state index in [1.165, 1.54) is 0 Å². The highest BCUT2D eigenvalue weighted by molar-refractivity contribution is 5.86. The molecule has 1 amide bonds. The normalized spacial score (nSPS) is 11.1. The Morgan fingerprint density at radius 2 is 2.18 bits per heavy atom. The lowest BCUT2D eigenvalue weighted by Gasteiger charge is -2.24. The van der Waals surface area contributed by atoms with E-state index in [-0.39, 0.29) is 0 Å². The van der Waals surface area contributed by atoms with Crippen LogP contribution in [0.3, 0.4) is 0 Å². The van der Waals surface area contributed by atoms with Gasteiger partial charge in [0.2, 0.25) is 11.9 Å². The summed E-state index contributed by atoms with van der Waals surface area (Å²) >= 11 is 0. The van der Waals surface area contributed by atoms with E-state index in [4.69, 9.17) is 5.73 Å². The van der Waals surface area contributed by atoms with Crippen molar-refractivity contribution in [3.8, 4) is 0 Å². The number of nitrogens with zero attached hydrogens (tertiary/aromatic N) is 2. The maximum atomic E-state index is 11.2. The SMILES string of the molecule is CCNc1ncc(C)c(NC(C)(C)C(N)=O)n1. The summed E-state index contributed by atoms with van der Waals surface area (Å²) in [4.78, 5) is 19.7. The molecule has 0 spiro atoms.